The van der Waals surface area contributed by atoms with E-state index in [0.29, 0.717) is 13.0 Å². The third kappa shape index (κ3) is 2.48. The lowest BCUT2D eigenvalue weighted by Crippen LogP contribution is -2.39. The van der Waals surface area contributed by atoms with Crippen LogP contribution in [0.2, 0.25) is 0 Å². The molecule has 0 aliphatic heterocycles. The van der Waals surface area contributed by atoms with Crippen LogP contribution in [-0.2, 0) is 9.53 Å². The molecule has 0 saturated heterocycles. The van der Waals surface area contributed by atoms with Crippen molar-refractivity contribution in [2.24, 2.45) is 5.73 Å². The number of carbonyl (C=O) groups excluding carboxylic acids is 1. The Bertz CT molecular complexity index is 162. The molecule has 3 nitrogen and oxygen atoms in total. The molecular weight excluding hydrogens is 154 g/mol. The van der Waals surface area contributed by atoms with Gasteiger partial charge in [-0.2, -0.15) is 0 Å². The second-order valence-electron chi connectivity index (χ2n) is 3.55. The molecule has 1 saturated carbocycles. The molecule has 3 heteroatoms. The smallest absolute Gasteiger partial charge is 0.307 e. The van der Waals surface area contributed by atoms with Gasteiger partial charge < -0.3 is 10.5 Å². The third-order valence-corrected chi connectivity index (χ3v) is 2.40. The molecule has 0 radical (unpaired) electrons. The predicted octanol–water partition coefficient (Wildman–Crippen LogP) is 1.21. The van der Waals surface area contributed by atoms with E-state index in [0.717, 1.165) is 25.7 Å². The maximum Gasteiger partial charge on any atom is 0.307 e. The summed E-state index contributed by atoms with van der Waals surface area (Å²) in [5, 5.41) is 0. The number of hydrogen-bond acceptors (Lipinski definition) is 3. The molecule has 0 aromatic carbocycles. The Morgan fingerprint density at radius 1 is 1.50 bits per heavy atom. The zero-order chi connectivity index (χ0) is 9.03. The van der Waals surface area contributed by atoms with Crippen LogP contribution < -0.4 is 5.73 Å². The Labute approximate surface area is 73.3 Å². The first-order valence-corrected chi connectivity index (χ1v) is 4.61. The van der Waals surface area contributed by atoms with Crippen molar-refractivity contribution in [1.82, 2.24) is 0 Å². The Kier molecular flexibility index (Phi) is 3.09. The zero-order valence-electron chi connectivity index (χ0n) is 7.64. The van der Waals surface area contributed by atoms with Crippen molar-refractivity contribution in [1.29, 1.82) is 0 Å². The lowest BCUT2D eigenvalue weighted by atomic mass is 9.95. The first-order valence-electron chi connectivity index (χ1n) is 4.61. The van der Waals surface area contributed by atoms with E-state index in [-0.39, 0.29) is 11.5 Å². The van der Waals surface area contributed by atoms with Gasteiger partial charge in [0, 0.05) is 5.54 Å². The molecule has 0 aromatic heterocycles. The molecule has 0 spiro atoms. The molecule has 2 N–H and O–H groups in total. The average Bonchev–Trinajstić information content (AvgIpc) is 2.36. The largest absolute Gasteiger partial charge is 0.466 e. The van der Waals surface area contributed by atoms with Crippen molar-refractivity contribution in [2.45, 2.75) is 44.6 Å². The molecular formula is C9H17NO2. The number of esters is 1. The molecule has 12 heavy (non-hydrogen) atoms. The van der Waals surface area contributed by atoms with E-state index in [1.54, 1.807) is 0 Å². The van der Waals surface area contributed by atoms with Crippen molar-refractivity contribution >= 4 is 5.97 Å². The molecule has 1 aliphatic rings. The van der Waals surface area contributed by atoms with Crippen molar-refractivity contribution < 1.29 is 9.53 Å². The van der Waals surface area contributed by atoms with Gasteiger partial charge >= 0.3 is 5.97 Å². The van der Waals surface area contributed by atoms with Crippen LogP contribution in [0.1, 0.15) is 39.0 Å². The second kappa shape index (κ2) is 3.90. The van der Waals surface area contributed by atoms with Gasteiger partial charge in [0.05, 0.1) is 13.0 Å². The van der Waals surface area contributed by atoms with E-state index in [1.807, 2.05) is 6.92 Å². The Hall–Kier alpha value is -0.570. The summed E-state index contributed by atoms with van der Waals surface area (Å²) in [4.78, 5) is 11.1. The van der Waals surface area contributed by atoms with Crippen LogP contribution in [0.4, 0.5) is 0 Å². The summed E-state index contributed by atoms with van der Waals surface area (Å²) in [5.74, 6) is -0.151. The van der Waals surface area contributed by atoms with Crippen LogP contribution in [0.15, 0.2) is 0 Å². The van der Waals surface area contributed by atoms with Crippen LogP contribution in [0.3, 0.4) is 0 Å². The number of ether oxygens (including phenoxy) is 1. The number of carbonyl (C=O) groups is 1. The van der Waals surface area contributed by atoms with E-state index in [2.05, 4.69) is 0 Å². The summed E-state index contributed by atoms with van der Waals surface area (Å²) < 4.78 is 4.85. The average molecular weight is 171 g/mol. The van der Waals surface area contributed by atoms with Crippen LogP contribution in [-0.4, -0.2) is 18.1 Å². The van der Waals surface area contributed by atoms with Crippen molar-refractivity contribution in [3.63, 3.8) is 0 Å². The number of nitrogens with two attached hydrogens (primary N) is 1. The highest BCUT2D eigenvalue weighted by Gasteiger charge is 2.32. The number of hydrogen-bond donors (Lipinski definition) is 1. The fourth-order valence-electron chi connectivity index (χ4n) is 1.76. The van der Waals surface area contributed by atoms with Gasteiger partial charge in [-0.05, 0) is 19.8 Å². The predicted molar refractivity (Wildman–Crippen MR) is 46.6 cm³/mol. The van der Waals surface area contributed by atoms with E-state index in [1.165, 1.54) is 0 Å². The quantitative estimate of drug-likeness (QED) is 0.649. The minimum absolute atomic E-state index is 0.151. The minimum atomic E-state index is -0.258. The standard InChI is InChI=1S/C9H17NO2/c1-2-12-8(11)7-9(10)5-3-4-6-9/h2-7,10H2,1H3. The molecule has 70 valence electrons. The van der Waals surface area contributed by atoms with Crippen LogP contribution in [0, 0.1) is 0 Å². The summed E-state index contributed by atoms with van der Waals surface area (Å²) in [7, 11) is 0. The summed E-state index contributed by atoms with van der Waals surface area (Å²) in [6, 6.07) is 0. The van der Waals surface area contributed by atoms with Gasteiger partial charge in [-0.15, -0.1) is 0 Å². The topological polar surface area (TPSA) is 52.3 Å². The van der Waals surface area contributed by atoms with Crippen molar-refractivity contribution in [3.8, 4) is 0 Å². The highest BCUT2D eigenvalue weighted by Crippen LogP contribution is 2.30. The molecule has 0 aromatic rings. The van der Waals surface area contributed by atoms with Gasteiger partial charge in [-0.3, -0.25) is 4.79 Å². The third-order valence-electron chi connectivity index (χ3n) is 2.40. The molecule has 1 fully saturated rings. The molecule has 1 aliphatic carbocycles. The summed E-state index contributed by atoms with van der Waals surface area (Å²) in [5.41, 5.74) is 5.73. The Morgan fingerprint density at radius 3 is 2.58 bits per heavy atom. The molecule has 0 amide bonds. The van der Waals surface area contributed by atoms with Gasteiger partial charge in [-0.1, -0.05) is 12.8 Å². The SMILES string of the molecule is CCOC(=O)CC1(N)CCCC1. The van der Waals surface area contributed by atoms with E-state index in [9.17, 15) is 4.79 Å². The maximum atomic E-state index is 11.1. The first-order chi connectivity index (χ1) is 5.66. The minimum Gasteiger partial charge on any atom is -0.466 e. The number of rotatable bonds is 3. The van der Waals surface area contributed by atoms with Gasteiger partial charge in [0.25, 0.3) is 0 Å². The van der Waals surface area contributed by atoms with Crippen LogP contribution in [0.25, 0.3) is 0 Å². The van der Waals surface area contributed by atoms with Crippen molar-refractivity contribution in [3.05, 3.63) is 0 Å². The normalized spacial score (nSPS) is 20.8. The summed E-state index contributed by atoms with van der Waals surface area (Å²) in [6.07, 6.45) is 4.62. The Morgan fingerprint density at radius 2 is 2.08 bits per heavy atom. The molecule has 1 rings (SSSR count). The molecule has 0 unspecified atom stereocenters. The monoisotopic (exact) mass is 171 g/mol. The second-order valence-corrected chi connectivity index (χ2v) is 3.55. The van der Waals surface area contributed by atoms with Crippen molar-refractivity contribution in [2.75, 3.05) is 6.61 Å². The van der Waals surface area contributed by atoms with Gasteiger partial charge in [0.2, 0.25) is 0 Å². The molecule has 0 atom stereocenters. The fraction of sp³-hybridized carbons (Fsp3) is 0.889. The van der Waals surface area contributed by atoms with E-state index < -0.39 is 0 Å². The van der Waals surface area contributed by atoms with Gasteiger partial charge in [0.1, 0.15) is 0 Å². The fourth-order valence-corrected chi connectivity index (χ4v) is 1.76. The summed E-state index contributed by atoms with van der Waals surface area (Å²) >= 11 is 0. The lowest BCUT2D eigenvalue weighted by Gasteiger charge is -2.21. The zero-order valence-corrected chi connectivity index (χ0v) is 7.64. The maximum absolute atomic E-state index is 11.1. The first kappa shape index (κ1) is 9.52. The van der Waals surface area contributed by atoms with Gasteiger partial charge in [0.15, 0.2) is 0 Å². The highest BCUT2D eigenvalue weighted by molar-refractivity contribution is 5.70. The molecule has 0 bridgehead atoms. The van der Waals surface area contributed by atoms with Gasteiger partial charge in [-0.25, -0.2) is 0 Å². The summed E-state index contributed by atoms with van der Waals surface area (Å²) in [6.45, 7) is 2.27. The highest BCUT2D eigenvalue weighted by atomic mass is 16.5. The Balaban J connectivity index is 2.33. The van der Waals surface area contributed by atoms with Crippen LogP contribution >= 0.6 is 0 Å². The molecule has 0 heterocycles. The van der Waals surface area contributed by atoms with E-state index in [4.69, 9.17) is 10.5 Å². The van der Waals surface area contributed by atoms with E-state index >= 15 is 0 Å². The lowest BCUT2D eigenvalue weighted by molar-refractivity contribution is -0.144. The van der Waals surface area contributed by atoms with Crippen LogP contribution in [0.5, 0.6) is 0 Å².